The number of nitrogens with one attached hydrogen (secondary N) is 1. The number of hydrogen-bond acceptors (Lipinski definition) is 3. The lowest BCUT2D eigenvalue weighted by Crippen LogP contribution is -2.48. The van der Waals surface area contributed by atoms with E-state index >= 15 is 0 Å². The van der Waals surface area contributed by atoms with Crippen LogP contribution < -0.4 is 10.1 Å². The second kappa shape index (κ2) is 8.57. The van der Waals surface area contributed by atoms with Crippen molar-refractivity contribution in [1.29, 1.82) is 0 Å². The number of hydrogen-bond donors (Lipinski definition) is 1. The average Bonchev–Trinajstić information content (AvgIpc) is 2.61. The summed E-state index contributed by atoms with van der Waals surface area (Å²) in [5.41, 5.74) is 1.13. The van der Waals surface area contributed by atoms with Gasteiger partial charge < -0.3 is 19.9 Å². The first-order valence-corrected chi connectivity index (χ1v) is 8.38. The Morgan fingerprint density at radius 3 is 2.88 bits per heavy atom. The van der Waals surface area contributed by atoms with Crippen LogP contribution in [0.1, 0.15) is 18.4 Å². The Morgan fingerprint density at radius 2 is 2.17 bits per heavy atom. The van der Waals surface area contributed by atoms with Gasteiger partial charge in [-0.15, -0.1) is 0 Å². The number of benzene rings is 1. The second-order valence-corrected chi connectivity index (χ2v) is 6.35. The van der Waals surface area contributed by atoms with Crippen molar-refractivity contribution in [2.75, 3.05) is 40.8 Å². The van der Waals surface area contributed by atoms with Gasteiger partial charge in [-0.1, -0.05) is 12.1 Å². The Labute approximate surface area is 143 Å². The van der Waals surface area contributed by atoms with E-state index in [1.165, 1.54) is 0 Å². The third-order valence-electron chi connectivity index (χ3n) is 4.29. The molecule has 0 aromatic heterocycles. The number of carbonyl (C=O) groups is 2. The molecule has 1 N–H and O–H groups in total. The van der Waals surface area contributed by atoms with Gasteiger partial charge in [0.1, 0.15) is 5.75 Å². The molecule has 0 radical (unpaired) electrons. The topological polar surface area (TPSA) is 61.9 Å². The molecule has 1 aliphatic heterocycles. The first kappa shape index (κ1) is 18.1. The van der Waals surface area contributed by atoms with Crippen LogP contribution in [0.3, 0.4) is 0 Å². The van der Waals surface area contributed by atoms with Gasteiger partial charge in [0.15, 0.2) is 0 Å². The van der Waals surface area contributed by atoms with Gasteiger partial charge in [0.2, 0.25) is 5.91 Å². The molecule has 24 heavy (non-hydrogen) atoms. The number of methoxy groups -OCH3 is 1. The average molecular weight is 333 g/mol. The fourth-order valence-corrected chi connectivity index (χ4v) is 2.95. The van der Waals surface area contributed by atoms with Crippen LogP contribution in [0.15, 0.2) is 24.3 Å². The van der Waals surface area contributed by atoms with Crippen LogP contribution in [0.25, 0.3) is 0 Å². The maximum Gasteiger partial charge on any atom is 0.319 e. The first-order valence-electron chi connectivity index (χ1n) is 8.38. The van der Waals surface area contributed by atoms with E-state index in [0.717, 1.165) is 37.1 Å². The number of carbonyl (C=O) groups excluding carboxylic acids is 2. The molecule has 1 unspecified atom stereocenters. The number of nitrogens with zero attached hydrogens (tertiary/aromatic N) is 2. The summed E-state index contributed by atoms with van der Waals surface area (Å²) in [6.07, 6.45) is 2.46. The molecule has 3 amide bonds. The highest BCUT2D eigenvalue weighted by molar-refractivity contribution is 5.80. The zero-order valence-corrected chi connectivity index (χ0v) is 14.7. The molecule has 1 atom stereocenters. The molecule has 1 aromatic carbocycles. The highest BCUT2D eigenvalue weighted by atomic mass is 16.5. The van der Waals surface area contributed by atoms with E-state index in [1.54, 1.807) is 31.0 Å². The van der Waals surface area contributed by atoms with Gasteiger partial charge in [-0.25, -0.2) is 4.79 Å². The third-order valence-corrected chi connectivity index (χ3v) is 4.29. The van der Waals surface area contributed by atoms with Gasteiger partial charge in [0, 0.05) is 33.7 Å². The van der Waals surface area contributed by atoms with Gasteiger partial charge in [0.05, 0.1) is 13.0 Å². The van der Waals surface area contributed by atoms with E-state index in [4.69, 9.17) is 4.74 Å². The number of rotatable bonds is 5. The minimum absolute atomic E-state index is 0.0242. The summed E-state index contributed by atoms with van der Waals surface area (Å²) in [6, 6.07) is 7.82. The van der Waals surface area contributed by atoms with Crippen LogP contribution in [0.2, 0.25) is 0 Å². The van der Waals surface area contributed by atoms with Crippen molar-refractivity contribution < 1.29 is 14.3 Å². The molecule has 0 saturated carbocycles. The normalized spacial score (nSPS) is 17.3. The predicted molar refractivity (Wildman–Crippen MR) is 93.1 cm³/mol. The van der Waals surface area contributed by atoms with Crippen molar-refractivity contribution in [3.05, 3.63) is 29.8 Å². The maximum absolute atomic E-state index is 12.4. The van der Waals surface area contributed by atoms with Crippen LogP contribution >= 0.6 is 0 Å². The molecule has 1 aromatic rings. The number of piperidine rings is 1. The van der Waals surface area contributed by atoms with Crippen LogP contribution in [-0.2, 0) is 11.2 Å². The molecule has 1 fully saturated rings. The lowest BCUT2D eigenvalue weighted by atomic mass is 9.97. The maximum atomic E-state index is 12.4. The van der Waals surface area contributed by atoms with Gasteiger partial charge in [-0.3, -0.25) is 4.79 Å². The molecule has 1 aliphatic rings. The summed E-state index contributed by atoms with van der Waals surface area (Å²) < 4.78 is 5.20. The van der Waals surface area contributed by atoms with E-state index < -0.39 is 0 Å². The molecule has 0 bridgehead atoms. The molecule has 1 heterocycles. The number of ether oxygens (including phenoxy) is 1. The molecule has 0 aliphatic carbocycles. The number of likely N-dealkylation sites (tertiary alicyclic amines) is 1. The predicted octanol–water partition coefficient (Wildman–Crippen LogP) is 1.75. The number of urea groups is 1. The van der Waals surface area contributed by atoms with Crippen molar-refractivity contribution in [3.63, 3.8) is 0 Å². The molecular weight excluding hydrogens is 306 g/mol. The quantitative estimate of drug-likeness (QED) is 0.893. The smallest absolute Gasteiger partial charge is 0.319 e. The highest BCUT2D eigenvalue weighted by Crippen LogP contribution is 2.18. The Bertz CT molecular complexity index is 574. The summed E-state index contributed by atoms with van der Waals surface area (Å²) >= 11 is 0. The van der Waals surface area contributed by atoms with E-state index in [-0.39, 0.29) is 17.9 Å². The zero-order chi connectivity index (χ0) is 17.5. The second-order valence-electron chi connectivity index (χ2n) is 6.35. The van der Waals surface area contributed by atoms with Crippen molar-refractivity contribution in [2.24, 2.45) is 5.92 Å². The Morgan fingerprint density at radius 1 is 1.38 bits per heavy atom. The Hall–Kier alpha value is -2.24. The molecule has 1 saturated heterocycles. The van der Waals surface area contributed by atoms with Gasteiger partial charge >= 0.3 is 6.03 Å². The first-order chi connectivity index (χ1) is 11.5. The fraction of sp³-hybridized carbons (Fsp3) is 0.556. The van der Waals surface area contributed by atoms with E-state index in [1.807, 2.05) is 24.3 Å². The summed E-state index contributed by atoms with van der Waals surface area (Å²) in [6.45, 7) is 1.82. The summed E-state index contributed by atoms with van der Waals surface area (Å²) in [5, 5.41) is 3.00. The van der Waals surface area contributed by atoms with E-state index in [0.29, 0.717) is 13.1 Å². The van der Waals surface area contributed by atoms with Crippen LogP contribution in [-0.4, -0.2) is 62.6 Å². The lowest BCUT2D eigenvalue weighted by Gasteiger charge is -2.33. The zero-order valence-electron chi connectivity index (χ0n) is 14.7. The molecule has 132 valence electrons. The summed E-state index contributed by atoms with van der Waals surface area (Å²) in [5.74, 6) is 0.742. The van der Waals surface area contributed by atoms with Crippen LogP contribution in [0.4, 0.5) is 4.79 Å². The van der Waals surface area contributed by atoms with E-state index in [9.17, 15) is 9.59 Å². The van der Waals surface area contributed by atoms with Crippen LogP contribution in [0.5, 0.6) is 5.75 Å². The largest absolute Gasteiger partial charge is 0.497 e. The highest BCUT2D eigenvalue weighted by Gasteiger charge is 2.28. The van der Waals surface area contributed by atoms with Gasteiger partial charge in [0.25, 0.3) is 0 Å². The Balaban J connectivity index is 1.80. The van der Waals surface area contributed by atoms with Crippen LogP contribution in [0, 0.1) is 5.92 Å². The van der Waals surface area contributed by atoms with Crippen molar-refractivity contribution in [1.82, 2.24) is 15.1 Å². The SMILES string of the molecule is COc1cccc(CCNC(=O)C2CCCN(C(=O)N(C)C)C2)c1. The van der Waals surface area contributed by atoms with Crippen molar-refractivity contribution in [3.8, 4) is 5.75 Å². The standard InChI is InChI=1S/C18H27N3O3/c1-20(2)18(23)21-11-5-7-15(13-21)17(22)19-10-9-14-6-4-8-16(12-14)24-3/h4,6,8,12,15H,5,7,9-11,13H2,1-3H3,(H,19,22). The monoisotopic (exact) mass is 333 g/mol. The molecular formula is C18H27N3O3. The summed E-state index contributed by atoms with van der Waals surface area (Å²) in [4.78, 5) is 27.7. The van der Waals surface area contributed by atoms with Crippen molar-refractivity contribution in [2.45, 2.75) is 19.3 Å². The molecule has 6 nitrogen and oxygen atoms in total. The van der Waals surface area contributed by atoms with Gasteiger partial charge in [-0.05, 0) is 37.0 Å². The van der Waals surface area contributed by atoms with E-state index in [2.05, 4.69) is 5.32 Å². The minimum Gasteiger partial charge on any atom is -0.497 e. The molecule has 0 spiro atoms. The minimum atomic E-state index is -0.118. The number of amides is 3. The molecule has 2 rings (SSSR count). The molecule has 6 heteroatoms. The van der Waals surface area contributed by atoms with Crippen molar-refractivity contribution >= 4 is 11.9 Å². The third kappa shape index (κ3) is 4.88. The Kier molecular flexibility index (Phi) is 6.46. The fourth-order valence-electron chi connectivity index (χ4n) is 2.95. The summed E-state index contributed by atoms with van der Waals surface area (Å²) in [7, 11) is 5.12. The lowest BCUT2D eigenvalue weighted by molar-refractivity contribution is -0.126. The van der Waals surface area contributed by atoms with Gasteiger partial charge in [-0.2, -0.15) is 0 Å².